The molecule has 1 aliphatic carbocycles. The summed E-state index contributed by atoms with van der Waals surface area (Å²) in [5.41, 5.74) is 3.87. The van der Waals surface area contributed by atoms with E-state index in [2.05, 4.69) is 28.5 Å². The molecular weight excluding hydrogens is 184 g/mol. The molecular formula is C13H16N2. The first kappa shape index (κ1) is 9.10. The Morgan fingerprint density at radius 3 is 3.07 bits per heavy atom. The molecule has 2 atom stereocenters. The molecule has 1 fully saturated rings. The van der Waals surface area contributed by atoms with Crippen LogP contribution in [0.1, 0.15) is 24.1 Å². The molecule has 15 heavy (non-hydrogen) atoms. The highest BCUT2D eigenvalue weighted by Gasteiger charge is 2.31. The van der Waals surface area contributed by atoms with Crippen molar-refractivity contribution in [3.63, 3.8) is 0 Å². The number of pyridine rings is 1. The lowest BCUT2D eigenvalue weighted by atomic mass is 10.00. The van der Waals surface area contributed by atoms with Crippen LogP contribution in [0.2, 0.25) is 0 Å². The minimum absolute atomic E-state index is 0.626. The number of nitrogens with zero attached hydrogens (tertiary/aromatic N) is 1. The molecule has 1 saturated heterocycles. The Hall–Kier alpha value is -1.15. The molecule has 78 valence electrons. The lowest BCUT2D eigenvalue weighted by molar-refractivity contribution is 0.553. The van der Waals surface area contributed by atoms with Crippen molar-refractivity contribution < 1.29 is 0 Å². The Labute approximate surface area is 90.4 Å². The van der Waals surface area contributed by atoms with Gasteiger partial charge in [-0.05, 0) is 49.4 Å². The van der Waals surface area contributed by atoms with Gasteiger partial charge >= 0.3 is 0 Å². The van der Waals surface area contributed by atoms with Crippen molar-refractivity contribution in [3.05, 3.63) is 35.7 Å². The summed E-state index contributed by atoms with van der Waals surface area (Å²) in [6, 6.07) is 4.91. The quantitative estimate of drug-likeness (QED) is 0.751. The maximum atomic E-state index is 4.36. The van der Waals surface area contributed by atoms with E-state index in [1.54, 1.807) is 0 Å². The molecule has 2 nitrogen and oxygen atoms in total. The monoisotopic (exact) mass is 200 g/mol. The molecule has 2 heterocycles. The van der Waals surface area contributed by atoms with Crippen LogP contribution in [0, 0.1) is 12.8 Å². The minimum Gasteiger partial charge on any atom is -0.310 e. The molecule has 0 radical (unpaired) electrons. The number of aryl methyl sites for hydroxylation is 1. The summed E-state index contributed by atoms with van der Waals surface area (Å²) in [7, 11) is 0. The number of aromatic nitrogens is 1. The van der Waals surface area contributed by atoms with E-state index in [1.165, 1.54) is 30.5 Å². The smallest absolute Gasteiger partial charge is 0.0373 e. The van der Waals surface area contributed by atoms with Crippen LogP contribution < -0.4 is 5.32 Å². The zero-order chi connectivity index (χ0) is 10.3. The van der Waals surface area contributed by atoms with Crippen molar-refractivity contribution in [2.24, 2.45) is 5.92 Å². The predicted octanol–water partition coefficient (Wildman–Crippen LogP) is 2.16. The van der Waals surface area contributed by atoms with E-state index >= 15 is 0 Å². The summed E-state index contributed by atoms with van der Waals surface area (Å²) in [4.78, 5) is 4.36. The van der Waals surface area contributed by atoms with Crippen LogP contribution in [-0.4, -0.2) is 17.6 Å². The fourth-order valence-corrected chi connectivity index (χ4v) is 2.64. The molecule has 2 heteroatoms. The number of hydrogen-bond donors (Lipinski definition) is 1. The number of nitrogens with one attached hydrogen (secondary N) is 1. The Morgan fingerprint density at radius 1 is 1.40 bits per heavy atom. The second kappa shape index (κ2) is 3.46. The number of fused-ring (bicyclic) bond motifs is 1. The first-order chi connectivity index (χ1) is 7.33. The van der Waals surface area contributed by atoms with Gasteiger partial charge in [0.2, 0.25) is 0 Å². The standard InChI is InChI=1S/C13H16N2/c1-9-2-3-11(8-15-9)12-6-10-4-5-14-13(10)7-12/h2-3,7-8,10,13-14H,4-6H2,1H3/t10-,13+/m0/s1. The molecule has 0 aromatic carbocycles. The summed E-state index contributed by atoms with van der Waals surface area (Å²) in [5.74, 6) is 0.835. The summed E-state index contributed by atoms with van der Waals surface area (Å²) < 4.78 is 0. The molecule has 1 aromatic rings. The molecule has 1 N–H and O–H groups in total. The Bertz CT molecular complexity index is 392. The highest BCUT2D eigenvalue weighted by Crippen LogP contribution is 2.36. The highest BCUT2D eigenvalue weighted by molar-refractivity contribution is 5.68. The van der Waals surface area contributed by atoms with Gasteiger partial charge in [-0.15, -0.1) is 0 Å². The highest BCUT2D eigenvalue weighted by atomic mass is 15.0. The van der Waals surface area contributed by atoms with E-state index < -0.39 is 0 Å². The van der Waals surface area contributed by atoms with E-state index in [0.29, 0.717) is 6.04 Å². The van der Waals surface area contributed by atoms with Gasteiger partial charge in [-0.2, -0.15) is 0 Å². The zero-order valence-corrected chi connectivity index (χ0v) is 9.03. The number of rotatable bonds is 1. The first-order valence-corrected chi connectivity index (χ1v) is 5.70. The molecule has 3 rings (SSSR count). The van der Waals surface area contributed by atoms with E-state index in [0.717, 1.165) is 11.6 Å². The van der Waals surface area contributed by atoms with Crippen molar-refractivity contribution in [2.75, 3.05) is 6.54 Å². The summed E-state index contributed by atoms with van der Waals surface area (Å²) >= 11 is 0. The molecule has 0 bridgehead atoms. The molecule has 1 aromatic heterocycles. The Morgan fingerprint density at radius 2 is 2.33 bits per heavy atom. The van der Waals surface area contributed by atoms with Gasteiger partial charge in [0.15, 0.2) is 0 Å². The van der Waals surface area contributed by atoms with E-state index in [4.69, 9.17) is 0 Å². The topological polar surface area (TPSA) is 24.9 Å². The van der Waals surface area contributed by atoms with E-state index in [9.17, 15) is 0 Å². The largest absolute Gasteiger partial charge is 0.310 e. The van der Waals surface area contributed by atoms with Gasteiger partial charge in [-0.1, -0.05) is 12.1 Å². The van der Waals surface area contributed by atoms with Crippen LogP contribution in [0.15, 0.2) is 24.4 Å². The fraction of sp³-hybridized carbons (Fsp3) is 0.462. The third-order valence-corrected chi connectivity index (χ3v) is 3.55. The van der Waals surface area contributed by atoms with Crippen molar-refractivity contribution >= 4 is 5.57 Å². The number of allylic oxidation sites excluding steroid dienone is 1. The summed E-state index contributed by atoms with van der Waals surface area (Å²) in [5, 5.41) is 3.53. The van der Waals surface area contributed by atoms with E-state index in [1.807, 2.05) is 13.1 Å². The Balaban J connectivity index is 1.87. The zero-order valence-electron chi connectivity index (χ0n) is 9.03. The molecule has 1 aliphatic heterocycles. The van der Waals surface area contributed by atoms with Gasteiger partial charge in [0.25, 0.3) is 0 Å². The van der Waals surface area contributed by atoms with Crippen LogP contribution in [0.3, 0.4) is 0 Å². The van der Waals surface area contributed by atoms with Crippen molar-refractivity contribution in [1.82, 2.24) is 10.3 Å². The molecule has 0 spiro atoms. The lowest BCUT2D eigenvalue weighted by Crippen LogP contribution is -2.20. The molecule has 0 unspecified atom stereocenters. The third kappa shape index (κ3) is 1.59. The van der Waals surface area contributed by atoms with Crippen LogP contribution in [0.5, 0.6) is 0 Å². The number of hydrogen-bond acceptors (Lipinski definition) is 2. The predicted molar refractivity (Wildman–Crippen MR) is 61.5 cm³/mol. The molecule has 0 saturated carbocycles. The van der Waals surface area contributed by atoms with Gasteiger partial charge in [-0.25, -0.2) is 0 Å². The van der Waals surface area contributed by atoms with Crippen LogP contribution in [-0.2, 0) is 0 Å². The Kier molecular flexibility index (Phi) is 2.10. The maximum Gasteiger partial charge on any atom is 0.0373 e. The SMILES string of the molecule is Cc1ccc(C2=C[C@H]3NCC[C@H]3C2)cn1. The van der Waals surface area contributed by atoms with Crippen LogP contribution in [0.4, 0.5) is 0 Å². The normalized spacial score (nSPS) is 29.0. The molecule has 0 amide bonds. The summed E-state index contributed by atoms with van der Waals surface area (Å²) in [6.45, 7) is 3.22. The van der Waals surface area contributed by atoms with Crippen molar-refractivity contribution in [3.8, 4) is 0 Å². The maximum absolute atomic E-state index is 4.36. The van der Waals surface area contributed by atoms with Crippen molar-refractivity contribution in [1.29, 1.82) is 0 Å². The van der Waals surface area contributed by atoms with Crippen LogP contribution in [0.25, 0.3) is 5.57 Å². The first-order valence-electron chi connectivity index (χ1n) is 5.70. The van der Waals surface area contributed by atoms with Gasteiger partial charge in [0, 0.05) is 17.9 Å². The van der Waals surface area contributed by atoms with Gasteiger partial charge in [-0.3, -0.25) is 4.98 Å². The van der Waals surface area contributed by atoms with Gasteiger partial charge < -0.3 is 5.32 Å². The van der Waals surface area contributed by atoms with Crippen LogP contribution >= 0.6 is 0 Å². The fourth-order valence-electron chi connectivity index (χ4n) is 2.64. The third-order valence-electron chi connectivity index (χ3n) is 3.55. The average molecular weight is 200 g/mol. The minimum atomic E-state index is 0.626. The van der Waals surface area contributed by atoms with Gasteiger partial charge in [0.05, 0.1) is 0 Å². The lowest BCUT2D eigenvalue weighted by Gasteiger charge is -2.06. The average Bonchev–Trinajstić information content (AvgIpc) is 2.78. The second-order valence-electron chi connectivity index (χ2n) is 4.61. The summed E-state index contributed by atoms with van der Waals surface area (Å²) in [6.07, 6.45) is 6.94. The second-order valence-corrected chi connectivity index (χ2v) is 4.61. The van der Waals surface area contributed by atoms with Crippen molar-refractivity contribution in [2.45, 2.75) is 25.8 Å². The van der Waals surface area contributed by atoms with Gasteiger partial charge in [0.1, 0.15) is 0 Å². The molecule has 2 aliphatic rings. The van der Waals surface area contributed by atoms with E-state index in [-0.39, 0.29) is 0 Å².